The average Bonchev–Trinajstić information content (AvgIpc) is 3.65. The summed E-state index contributed by atoms with van der Waals surface area (Å²) in [5.41, 5.74) is 0. The molecule has 41 heavy (non-hydrogen) atoms. The number of hydrogen-bond donors (Lipinski definition) is 0. The van der Waals surface area contributed by atoms with Crippen molar-refractivity contribution in [2.75, 3.05) is 0 Å². The average molecular weight is 682 g/mol. The molecule has 0 aromatic heterocycles. The summed E-state index contributed by atoms with van der Waals surface area (Å²) in [5.74, 6) is 5.44. The van der Waals surface area contributed by atoms with Gasteiger partial charge in [-0.2, -0.15) is 0 Å². The zero-order valence-electron chi connectivity index (χ0n) is 25.8. The molecule has 0 amide bonds. The molecule has 9 rings (SSSR count). The maximum absolute atomic E-state index is 7.12. The van der Waals surface area contributed by atoms with E-state index in [9.17, 15) is 0 Å². The van der Waals surface area contributed by atoms with Gasteiger partial charge in [-0.25, -0.2) is 0 Å². The summed E-state index contributed by atoms with van der Waals surface area (Å²) < 4.78 is 33.7. The van der Waals surface area contributed by atoms with E-state index in [1.54, 1.807) is 0 Å². The molecular weight excluding hydrogens is 628 g/mol. The van der Waals surface area contributed by atoms with Crippen LogP contribution in [0, 0.1) is 35.5 Å². The van der Waals surface area contributed by atoms with Crippen LogP contribution >= 0.6 is 0 Å². The first-order chi connectivity index (χ1) is 20.1. The Morgan fingerprint density at radius 3 is 1.49 bits per heavy atom. The van der Waals surface area contributed by atoms with E-state index in [2.05, 4.69) is 21.1 Å². The molecule has 4 heterocycles. The molecule has 6 nitrogen and oxygen atoms in total. The van der Waals surface area contributed by atoms with Gasteiger partial charge in [-0.3, -0.25) is 0 Å². The van der Waals surface area contributed by atoms with Crippen LogP contribution in [0.15, 0.2) is 0 Å². The molecule has 226 valence electrons. The van der Waals surface area contributed by atoms with Gasteiger partial charge in [0.25, 0.3) is 0 Å². The number of piperidine rings is 2. The van der Waals surface area contributed by atoms with Gasteiger partial charge < -0.3 is 0 Å². The molecule has 0 spiro atoms. The Labute approximate surface area is 261 Å². The predicted octanol–water partition coefficient (Wildman–Crippen LogP) is 6.07. The SMILES string of the molecule is CC1CCC2CCCC3[O][Ga]([O]C4CCC5C(C4)CC4CC([O][Ga]6[O]C7CCCC8CCC(C)[N]6C87)CCC45)[N]1C23. The topological polar surface area (TPSA) is 43.4 Å². The van der Waals surface area contributed by atoms with Crippen LogP contribution in [0.1, 0.15) is 123 Å². The minimum absolute atomic E-state index is 0.472. The van der Waals surface area contributed by atoms with E-state index in [1.165, 1.54) is 109 Å². The van der Waals surface area contributed by atoms with Crippen LogP contribution in [0.2, 0.25) is 0 Å². The number of hydrogen-bond acceptors (Lipinski definition) is 6. The molecule has 9 aliphatic rings. The first-order valence-electron chi connectivity index (χ1n) is 18.3. The fourth-order valence-electron chi connectivity index (χ4n) is 12.5. The molecule has 0 aromatic rings. The van der Waals surface area contributed by atoms with Gasteiger partial charge in [-0.05, 0) is 0 Å². The van der Waals surface area contributed by atoms with Crippen molar-refractivity contribution in [2.45, 2.75) is 172 Å². The molecule has 8 heteroatoms. The van der Waals surface area contributed by atoms with Crippen molar-refractivity contribution >= 4 is 34.4 Å². The van der Waals surface area contributed by atoms with Crippen LogP contribution in [0.25, 0.3) is 0 Å². The molecule has 5 saturated carbocycles. The van der Waals surface area contributed by atoms with Crippen LogP contribution in [-0.4, -0.2) is 90.2 Å². The van der Waals surface area contributed by atoms with Crippen molar-refractivity contribution in [3.63, 3.8) is 0 Å². The molecule has 4 aliphatic heterocycles. The zero-order chi connectivity index (χ0) is 27.2. The third kappa shape index (κ3) is 4.89. The second-order valence-corrected chi connectivity index (χ2v) is 23.7. The van der Waals surface area contributed by atoms with E-state index in [4.69, 9.17) is 14.1 Å². The third-order valence-corrected chi connectivity index (χ3v) is 25.0. The van der Waals surface area contributed by atoms with E-state index in [-0.39, 0.29) is 0 Å². The Morgan fingerprint density at radius 1 is 0.512 bits per heavy atom. The quantitative estimate of drug-likeness (QED) is 0.336. The molecule has 5 aliphatic carbocycles. The van der Waals surface area contributed by atoms with E-state index >= 15 is 0 Å². The molecule has 0 aromatic carbocycles. The summed E-state index contributed by atoms with van der Waals surface area (Å²) in [4.78, 5) is 0. The van der Waals surface area contributed by atoms with Crippen molar-refractivity contribution in [1.82, 2.24) is 7.21 Å². The number of rotatable bonds is 4. The van der Waals surface area contributed by atoms with Gasteiger partial charge in [-0.1, -0.05) is 0 Å². The maximum atomic E-state index is 7.12. The van der Waals surface area contributed by atoms with Crippen molar-refractivity contribution < 1.29 is 14.1 Å². The molecule has 9 fully saturated rings. The second kappa shape index (κ2) is 11.4. The van der Waals surface area contributed by atoms with Crippen molar-refractivity contribution in [3.05, 3.63) is 0 Å². The van der Waals surface area contributed by atoms with Gasteiger partial charge in [0.2, 0.25) is 0 Å². The van der Waals surface area contributed by atoms with Crippen LogP contribution in [0.4, 0.5) is 0 Å². The third-order valence-electron chi connectivity index (χ3n) is 14.3. The minimum atomic E-state index is -2.34. The van der Waals surface area contributed by atoms with Crippen molar-refractivity contribution in [3.8, 4) is 0 Å². The summed E-state index contributed by atoms with van der Waals surface area (Å²) in [5, 5.41) is 0. The van der Waals surface area contributed by atoms with Gasteiger partial charge >= 0.3 is 263 Å². The van der Waals surface area contributed by atoms with E-state index in [1.807, 2.05) is 0 Å². The normalized spacial score (nSPS) is 53.1. The van der Waals surface area contributed by atoms with Gasteiger partial charge in [0.1, 0.15) is 0 Å². The monoisotopic (exact) mass is 680 g/mol. The molecule has 0 radical (unpaired) electrons. The predicted molar refractivity (Wildman–Crippen MR) is 161 cm³/mol. The summed E-state index contributed by atoms with van der Waals surface area (Å²) in [6.45, 7) is 4.93. The Bertz CT molecular complexity index is 902. The molecule has 0 N–H and O–H groups in total. The Kier molecular flexibility index (Phi) is 7.84. The fourth-order valence-corrected chi connectivity index (χ4v) is 24.3. The summed E-state index contributed by atoms with van der Waals surface area (Å²) in [6.07, 6.45) is 25.1. The molecule has 14 atom stereocenters. The second-order valence-electron chi connectivity index (χ2n) is 16.3. The number of fused-ring (bicyclic) bond motifs is 3. The van der Waals surface area contributed by atoms with Crippen molar-refractivity contribution in [1.29, 1.82) is 0 Å². The van der Waals surface area contributed by atoms with Gasteiger partial charge in [0.15, 0.2) is 0 Å². The van der Waals surface area contributed by atoms with E-state index in [0.717, 1.165) is 35.5 Å². The van der Waals surface area contributed by atoms with E-state index < -0.39 is 34.4 Å². The first-order valence-corrected chi connectivity index (χ1v) is 24.4. The van der Waals surface area contributed by atoms with Gasteiger partial charge in [0, 0.05) is 0 Å². The van der Waals surface area contributed by atoms with Crippen LogP contribution < -0.4 is 0 Å². The molecular formula is C33H54Ga2N2O4. The summed E-state index contributed by atoms with van der Waals surface area (Å²) in [6, 6.07) is 2.78. The molecule has 14 unspecified atom stereocenters. The van der Waals surface area contributed by atoms with Crippen LogP contribution in [0.5, 0.6) is 0 Å². The zero-order valence-corrected chi connectivity index (χ0v) is 30.6. The molecule has 0 bridgehead atoms. The van der Waals surface area contributed by atoms with Gasteiger partial charge in [0.05, 0.1) is 0 Å². The van der Waals surface area contributed by atoms with Crippen LogP contribution in [0.3, 0.4) is 0 Å². The summed E-state index contributed by atoms with van der Waals surface area (Å²) in [7, 11) is 0. The fraction of sp³-hybridized carbons (Fsp3) is 1.00. The standard InChI is InChI=1S/C13H20O2.2C10H17NO.2Ga/c14-10-1-3-12-8(6-10)5-9-7-11(15)2-4-13(9)12;2*1-7-5-6-8-3-2-4-9(12)10(8)11-7;;/h8-13H,1-7H2;2*7-10H,2-6H2,1H3;;/q3*-2;2*+3. The Morgan fingerprint density at radius 2 is 1.00 bits per heavy atom. The summed E-state index contributed by atoms with van der Waals surface area (Å²) >= 11 is -4.67. The molecule has 4 saturated heterocycles. The van der Waals surface area contributed by atoms with Crippen LogP contribution in [-0.2, 0) is 14.1 Å². The Hall–Kier alpha value is 1.03. The van der Waals surface area contributed by atoms with E-state index in [0.29, 0.717) is 48.6 Å². The van der Waals surface area contributed by atoms with Crippen molar-refractivity contribution in [2.24, 2.45) is 35.5 Å². The number of nitrogens with zero attached hydrogens (tertiary/aromatic N) is 2. The first kappa shape index (κ1) is 28.3. The van der Waals surface area contributed by atoms with Gasteiger partial charge in [-0.15, -0.1) is 0 Å². The Balaban J connectivity index is 0.822.